The minimum absolute atomic E-state index is 0.212. The van der Waals surface area contributed by atoms with Crippen LogP contribution in [0.25, 0.3) is 5.65 Å². The summed E-state index contributed by atoms with van der Waals surface area (Å²) >= 11 is 0. The van der Waals surface area contributed by atoms with Crippen LogP contribution in [0.2, 0.25) is 0 Å². The number of amides is 1. The summed E-state index contributed by atoms with van der Waals surface area (Å²) < 4.78 is 26.4. The second kappa shape index (κ2) is 6.21. The summed E-state index contributed by atoms with van der Waals surface area (Å²) in [5.74, 6) is -0.517. The maximum Gasteiger partial charge on any atom is 0.254 e. The largest absolute Gasteiger partial charge is 0.355 e. The van der Waals surface area contributed by atoms with E-state index >= 15 is 0 Å². The molecule has 0 aromatic carbocycles. The van der Waals surface area contributed by atoms with Crippen LogP contribution in [-0.4, -0.2) is 40.7 Å². The Morgan fingerprint density at radius 1 is 1.38 bits per heavy atom. The number of fused-ring (bicyclic) bond motifs is 1. The van der Waals surface area contributed by atoms with Gasteiger partial charge in [-0.2, -0.15) is 0 Å². The number of sulfone groups is 1. The number of carbonyl (C=O) groups excluding carboxylic acids is 1. The molecule has 21 heavy (non-hydrogen) atoms. The minimum Gasteiger partial charge on any atom is -0.355 e. The summed E-state index contributed by atoms with van der Waals surface area (Å²) in [6, 6.07) is 5.07. The lowest BCUT2D eigenvalue weighted by Gasteiger charge is -2.11. The normalized spacial score (nSPS) is 13.2. The number of nitrogens with one attached hydrogen (secondary N) is 1. The van der Waals surface area contributed by atoms with Gasteiger partial charge in [0, 0.05) is 12.7 Å². The van der Waals surface area contributed by atoms with E-state index in [-0.39, 0.29) is 5.16 Å². The summed E-state index contributed by atoms with van der Waals surface area (Å²) in [4.78, 5) is 11.9. The average Bonchev–Trinajstić information content (AvgIpc) is 2.91. The first kappa shape index (κ1) is 15.4. The van der Waals surface area contributed by atoms with Crippen molar-refractivity contribution in [2.45, 2.75) is 37.1 Å². The van der Waals surface area contributed by atoms with E-state index in [0.717, 1.165) is 12.8 Å². The summed E-state index contributed by atoms with van der Waals surface area (Å²) in [6.07, 6.45) is 3.30. The molecule has 2 aromatic heterocycles. The van der Waals surface area contributed by atoms with Crippen LogP contribution in [0.3, 0.4) is 0 Å². The molecule has 0 saturated heterocycles. The lowest BCUT2D eigenvalue weighted by molar-refractivity contribution is -0.120. The van der Waals surface area contributed by atoms with Crippen molar-refractivity contribution in [1.29, 1.82) is 0 Å². The highest BCUT2D eigenvalue weighted by Crippen LogP contribution is 2.15. The van der Waals surface area contributed by atoms with Crippen molar-refractivity contribution >= 4 is 21.4 Å². The standard InChI is InChI=1S/C13H18N4O3S/c1-3-4-8-14-12(18)10(2)21(19,20)13-16-15-11-7-5-6-9-17(11)13/h5-7,9-10H,3-4,8H2,1-2H3,(H,14,18). The monoisotopic (exact) mass is 310 g/mol. The van der Waals surface area contributed by atoms with Gasteiger partial charge in [0.15, 0.2) is 5.65 Å². The number of rotatable bonds is 6. The van der Waals surface area contributed by atoms with Crippen molar-refractivity contribution in [2.75, 3.05) is 6.54 Å². The predicted octanol–water partition coefficient (Wildman–Crippen LogP) is 0.808. The number of pyridine rings is 1. The fourth-order valence-corrected chi connectivity index (χ4v) is 3.11. The van der Waals surface area contributed by atoms with E-state index in [1.165, 1.54) is 11.3 Å². The molecule has 0 fully saturated rings. The molecule has 2 aromatic rings. The molecule has 7 nitrogen and oxygen atoms in total. The zero-order valence-corrected chi connectivity index (χ0v) is 12.8. The third-order valence-electron chi connectivity index (χ3n) is 3.20. The molecule has 0 bridgehead atoms. The smallest absolute Gasteiger partial charge is 0.254 e. The molecule has 0 radical (unpaired) electrons. The Bertz CT molecular complexity index is 739. The molecule has 0 saturated carbocycles. The lowest BCUT2D eigenvalue weighted by Crippen LogP contribution is -2.38. The quantitative estimate of drug-likeness (QED) is 0.797. The van der Waals surface area contributed by atoms with Gasteiger partial charge in [-0.25, -0.2) is 8.42 Å². The third-order valence-corrected chi connectivity index (χ3v) is 5.13. The van der Waals surface area contributed by atoms with Crippen LogP contribution in [0, 0.1) is 0 Å². The summed E-state index contributed by atoms with van der Waals surface area (Å²) in [7, 11) is -3.88. The molecule has 1 amide bonds. The van der Waals surface area contributed by atoms with Gasteiger partial charge >= 0.3 is 0 Å². The minimum atomic E-state index is -3.88. The maximum atomic E-state index is 12.5. The third kappa shape index (κ3) is 3.05. The van der Waals surface area contributed by atoms with Crippen LogP contribution in [0.5, 0.6) is 0 Å². The van der Waals surface area contributed by atoms with Gasteiger partial charge in [0.1, 0.15) is 5.25 Å². The van der Waals surface area contributed by atoms with E-state index in [4.69, 9.17) is 0 Å². The molecular weight excluding hydrogens is 292 g/mol. The van der Waals surface area contributed by atoms with Gasteiger partial charge in [0.2, 0.25) is 15.7 Å². The number of hydrogen-bond acceptors (Lipinski definition) is 5. The molecule has 1 unspecified atom stereocenters. The highest BCUT2D eigenvalue weighted by molar-refractivity contribution is 7.92. The molecule has 0 aliphatic carbocycles. The second-order valence-electron chi connectivity index (χ2n) is 4.74. The Hall–Kier alpha value is -1.96. The summed E-state index contributed by atoms with van der Waals surface area (Å²) in [6.45, 7) is 3.82. The Morgan fingerprint density at radius 3 is 2.86 bits per heavy atom. The van der Waals surface area contributed by atoms with Crippen molar-refractivity contribution in [3.05, 3.63) is 24.4 Å². The van der Waals surface area contributed by atoms with Crippen LogP contribution >= 0.6 is 0 Å². The Kier molecular flexibility index (Phi) is 4.56. The SMILES string of the molecule is CCCCNC(=O)C(C)S(=O)(=O)c1nnc2ccccn12. The first-order chi connectivity index (χ1) is 9.98. The van der Waals surface area contributed by atoms with Crippen LogP contribution in [-0.2, 0) is 14.6 Å². The molecule has 8 heteroatoms. The number of unbranched alkanes of at least 4 members (excludes halogenated alkanes) is 1. The highest BCUT2D eigenvalue weighted by Gasteiger charge is 2.33. The Labute approximate surface area is 123 Å². The fraction of sp³-hybridized carbons (Fsp3) is 0.462. The highest BCUT2D eigenvalue weighted by atomic mass is 32.2. The number of carbonyl (C=O) groups is 1. The Balaban J connectivity index is 2.27. The van der Waals surface area contributed by atoms with Crippen LogP contribution in [0.15, 0.2) is 29.6 Å². The number of aromatic nitrogens is 3. The van der Waals surface area contributed by atoms with Gasteiger partial charge in [-0.05, 0) is 25.5 Å². The van der Waals surface area contributed by atoms with Crippen molar-refractivity contribution in [3.8, 4) is 0 Å². The van der Waals surface area contributed by atoms with E-state index in [1.807, 2.05) is 6.92 Å². The zero-order chi connectivity index (χ0) is 15.5. The molecule has 2 heterocycles. The van der Waals surface area contributed by atoms with Gasteiger partial charge in [-0.15, -0.1) is 10.2 Å². The molecule has 0 aliphatic rings. The Morgan fingerprint density at radius 2 is 2.14 bits per heavy atom. The average molecular weight is 310 g/mol. The number of hydrogen-bond donors (Lipinski definition) is 1. The molecular formula is C13H18N4O3S. The van der Waals surface area contributed by atoms with Gasteiger partial charge in [-0.1, -0.05) is 19.4 Å². The maximum absolute atomic E-state index is 12.5. The molecule has 2 rings (SSSR count). The fourth-order valence-electron chi connectivity index (χ4n) is 1.84. The van der Waals surface area contributed by atoms with E-state index in [1.54, 1.807) is 24.4 Å². The number of nitrogens with zero attached hydrogens (tertiary/aromatic N) is 3. The van der Waals surface area contributed by atoms with E-state index in [2.05, 4.69) is 15.5 Å². The first-order valence-corrected chi connectivity index (χ1v) is 8.34. The first-order valence-electron chi connectivity index (χ1n) is 6.80. The zero-order valence-electron chi connectivity index (χ0n) is 12.0. The van der Waals surface area contributed by atoms with Gasteiger partial charge in [0.25, 0.3) is 5.16 Å². The van der Waals surface area contributed by atoms with Gasteiger partial charge in [0.05, 0.1) is 0 Å². The van der Waals surface area contributed by atoms with Crippen LogP contribution in [0.1, 0.15) is 26.7 Å². The van der Waals surface area contributed by atoms with E-state index in [9.17, 15) is 13.2 Å². The van der Waals surface area contributed by atoms with Crippen molar-refractivity contribution < 1.29 is 13.2 Å². The molecule has 0 spiro atoms. The van der Waals surface area contributed by atoms with Crippen LogP contribution < -0.4 is 5.32 Å². The van der Waals surface area contributed by atoms with Gasteiger partial charge < -0.3 is 5.32 Å². The van der Waals surface area contributed by atoms with Crippen molar-refractivity contribution in [2.24, 2.45) is 0 Å². The van der Waals surface area contributed by atoms with Crippen molar-refractivity contribution in [1.82, 2.24) is 19.9 Å². The van der Waals surface area contributed by atoms with Crippen LogP contribution in [0.4, 0.5) is 0 Å². The molecule has 1 N–H and O–H groups in total. The molecule has 114 valence electrons. The topological polar surface area (TPSA) is 93.4 Å². The summed E-state index contributed by atoms with van der Waals surface area (Å²) in [5, 5.41) is 8.72. The lowest BCUT2D eigenvalue weighted by atomic mass is 10.3. The predicted molar refractivity (Wildman–Crippen MR) is 77.6 cm³/mol. The summed E-state index contributed by atoms with van der Waals surface area (Å²) in [5.41, 5.74) is 0.426. The molecule has 1 atom stereocenters. The molecule has 0 aliphatic heterocycles. The van der Waals surface area contributed by atoms with E-state index in [0.29, 0.717) is 12.2 Å². The second-order valence-corrected chi connectivity index (χ2v) is 6.91. The van der Waals surface area contributed by atoms with Gasteiger partial charge in [-0.3, -0.25) is 9.20 Å². The van der Waals surface area contributed by atoms with E-state index < -0.39 is 21.0 Å². The van der Waals surface area contributed by atoms with Crippen molar-refractivity contribution in [3.63, 3.8) is 0 Å².